The van der Waals surface area contributed by atoms with Crippen molar-refractivity contribution in [3.8, 4) is 0 Å². The number of hydrogen-bond acceptors (Lipinski definition) is 2. The fourth-order valence-corrected chi connectivity index (χ4v) is 1.74. The largest absolute Gasteiger partial charge is 0.457 e. The molecule has 1 aliphatic heterocycles. The van der Waals surface area contributed by atoms with E-state index < -0.39 is 0 Å². The zero-order valence-corrected chi connectivity index (χ0v) is 7.78. The van der Waals surface area contributed by atoms with E-state index in [-0.39, 0.29) is 18.0 Å². The quantitative estimate of drug-likeness (QED) is 0.567. The van der Waals surface area contributed by atoms with Crippen molar-refractivity contribution in [1.29, 1.82) is 0 Å². The maximum atomic E-state index is 11.3. The molecule has 0 N–H and O–H groups in total. The van der Waals surface area contributed by atoms with Gasteiger partial charge in [-0.05, 0) is 25.0 Å². The monoisotopic (exact) mass is 176 g/mol. The van der Waals surface area contributed by atoms with E-state index in [4.69, 9.17) is 4.74 Å². The Labute approximate surface area is 77.5 Å². The van der Waals surface area contributed by atoms with Gasteiger partial charge in [-0.1, -0.05) is 24.3 Å². The summed E-state index contributed by atoms with van der Waals surface area (Å²) >= 11 is 0. The molecule has 2 unspecified atom stereocenters. The molecule has 0 saturated carbocycles. The predicted molar refractivity (Wildman–Crippen MR) is 49.4 cm³/mol. The lowest BCUT2D eigenvalue weighted by Crippen LogP contribution is -2.23. The van der Waals surface area contributed by atoms with Gasteiger partial charge in [0.05, 0.1) is 5.92 Å². The summed E-state index contributed by atoms with van der Waals surface area (Å²) in [5, 5.41) is 0. The van der Waals surface area contributed by atoms with Gasteiger partial charge in [0.15, 0.2) is 0 Å². The van der Waals surface area contributed by atoms with Gasteiger partial charge in [-0.15, -0.1) is 0 Å². The number of carbonyl (C=O) groups is 1. The first kappa shape index (κ1) is 8.30. The van der Waals surface area contributed by atoms with Crippen LogP contribution in [0.1, 0.15) is 37.0 Å². The Kier molecular flexibility index (Phi) is 1.83. The van der Waals surface area contributed by atoms with Gasteiger partial charge in [-0.2, -0.15) is 0 Å². The molecule has 0 bridgehead atoms. The highest BCUT2D eigenvalue weighted by atomic mass is 16.5. The summed E-state index contributed by atoms with van der Waals surface area (Å²) in [5.74, 6) is -0.237. The van der Waals surface area contributed by atoms with E-state index in [2.05, 4.69) is 0 Å². The van der Waals surface area contributed by atoms with E-state index in [0.717, 1.165) is 11.1 Å². The average Bonchev–Trinajstić information content (AvgIpc) is 2.15. The summed E-state index contributed by atoms with van der Waals surface area (Å²) < 4.78 is 5.19. The summed E-state index contributed by atoms with van der Waals surface area (Å²) in [6, 6.07) is 7.95. The number of ether oxygens (including phenoxy) is 1. The second kappa shape index (κ2) is 2.87. The Bertz CT molecular complexity index is 344. The molecule has 1 aliphatic rings. The van der Waals surface area contributed by atoms with Crippen LogP contribution >= 0.6 is 0 Å². The maximum absolute atomic E-state index is 11.3. The Balaban J connectivity index is 2.53. The van der Waals surface area contributed by atoms with Crippen LogP contribution in [0.5, 0.6) is 0 Å². The first-order chi connectivity index (χ1) is 6.20. The molecule has 2 heteroatoms. The molecule has 68 valence electrons. The molecule has 0 aromatic heterocycles. The van der Waals surface area contributed by atoms with Gasteiger partial charge in [0.1, 0.15) is 6.10 Å². The van der Waals surface area contributed by atoms with Crippen molar-refractivity contribution < 1.29 is 9.53 Å². The van der Waals surface area contributed by atoms with Crippen LogP contribution in [0.15, 0.2) is 24.3 Å². The van der Waals surface area contributed by atoms with E-state index in [9.17, 15) is 4.79 Å². The fraction of sp³-hybridized carbons (Fsp3) is 0.364. The highest BCUT2D eigenvalue weighted by Crippen LogP contribution is 2.33. The van der Waals surface area contributed by atoms with Crippen molar-refractivity contribution in [2.45, 2.75) is 25.9 Å². The molecule has 0 fully saturated rings. The van der Waals surface area contributed by atoms with Crippen LogP contribution in [0.3, 0.4) is 0 Å². The molecule has 1 heterocycles. The second-order valence-electron chi connectivity index (χ2n) is 3.43. The van der Waals surface area contributed by atoms with Crippen LogP contribution in [0.25, 0.3) is 0 Å². The van der Waals surface area contributed by atoms with Gasteiger partial charge in [-0.25, -0.2) is 0 Å². The molecule has 2 atom stereocenters. The molecule has 0 spiro atoms. The third-order valence-corrected chi connectivity index (χ3v) is 2.55. The summed E-state index contributed by atoms with van der Waals surface area (Å²) in [4.78, 5) is 11.3. The molecule has 2 nitrogen and oxygen atoms in total. The van der Waals surface area contributed by atoms with Crippen LogP contribution in [0, 0.1) is 0 Å². The van der Waals surface area contributed by atoms with E-state index >= 15 is 0 Å². The molecule has 13 heavy (non-hydrogen) atoms. The van der Waals surface area contributed by atoms with Gasteiger partial charge < -0.3 is 4.74 Å². The van der Waals surface area contributed by atoms with Crippen LogP contribution in [0.4, 0.5) is 0 Å². The van der Waals surface area contributed by atoms with Gasteiger partial charge in [0.2, 0.25) is 0 Å². The summed E-state index contributed by atoms with van der Waals surface area (Å²) in [6.45, 7) is 3.79. The van der Waals surface area contributed by atoms with Crippen LogP contribution < -0.4 is 0 Å². The van der Waals surface area contributed by atoms with Crippen LogP contribution in [0.2, 0.25) is 0 Å². The number of fused-ring (bicyclic) bond motifs is 1. The third-order valence-electron chi connectivity index (χ3n) is 2.55. The molecule has 1 aromatic carbocycles. The zero-order chi connectivity index (χ0) is 9.42. The molecular weight excluding hydrogens is 164 g/mol. The Morgan fingerprint density at radius 2 is 1.77 bits per heavy atom. The average molecular weight is 176 g/mol. The Morgan fingerprint density at radius 3 is 2.46 bits per heavy atom. The molecule has 0 aliphatic carbocycles. The minimum atomic E-state index is -0.119. The molecule has 1 aromatic rings. The van der Waals surface area contributed by atoms with Gasteiger partial charge in [-0.3, -0.25) is 4.79 Å². The lowest BCUT2D eigenvalue weighted by molar-refractivity contribution is -0.151. The molecule has 0 amide bonds. The summed E-state index contributed by atoms with van der Waals surface area (Å²) in [6.07, 6.45) is -0.0973. The van der Waals surface area contributed by atoms with Crippen molar-refractivity contribution in [2.75, 3.05) is 0 Å². The lowest BCUT2D eigenvalue weighted by Gasteiger charge is -2.26. The third kappa shape index (κ3) is 1.22. The van der Waals surface area contributed by atoms with E-state index in [1.54, 1.807) is 0 Å². The van der Waals surface area contributed by atoms with Gasteiger partial charge in [0, 0.05) is 0 Å². The zero-order valence-electron chi connectivity index (χ0n) is 7.78. The van der Waals surface area contributed by atoms with E-state index in [1.807, 2.05) is 38.1 Å². The molecule has 0 saturated heterocycles. The number of rotatable bonds is 0. The number of cyclic esters (lactones) is 1. The second-order valence-corrected chi connectivity index (χ2v) is 3.43. The first-order valence-corrected chi connectivity index (χ1v) is 4.49. The number of hydrogen-bond donors (Lipinski definition) is 0. The minimum absolute atomic E-state index is 0.0973. The molecular formula is C11H12O2. The maximum Gasteiger partial charge on any atom is 0.313 e. The van der Waals surface area contributed by atoms with Crippen molar-refractivity contribution >= 4 is 5.97 Å². The number of carbonyl (C=O) groups excluding carboxylic acids is 1. The topological polar surface area (TPSA) is 26.3 Å². The normalized spacial score (nSPS) is 26.5. The number of benzene rings is 1. The van der Waals surface area contributed by atoms with Crippen molar-refractivity contribution in [3.63, 3.8) is 0 Å². The minimum Gasteiger partial charge on any atom is -0.457 e. The van der Waals surface area contributed by atoms with Crippen molar-refractivity contribution in [1.82, 2.24) is 0 Å². The van der Waals surface area contributed by atoms with Crippen LogP contribution in [-0.2, 0) is 9.53 Å². The van der Waals surface area contributed by atoms with Crippen molar-refractivity contribution in [3.05, 3.63) is 35.4 Å². The molecule has 2 rings (SSSR count). The predicted octanol–water partition coefficient (Wildman–Crippen LogP) is 2.41. The summed E-state index contributed by atoms with van der Waals surface area (Å²) in [7, 11) is 0. The lowest BCUT2D eigenvalue weighted by atomic mass is 9.91. The SMILES string of the molecule is CC1OC(=O)C(C)c2ccccc21. The highest BCUT2D eigenvalue weighted by Gasteiger charge is 2.29. The Hall–Kier alpha value is -1.31. The standard InChI is InChI=1S/C11H12O2/c1-7-9-5-3-4-6-10(9)8(2)13-11(7)12/h3-8H,1-2H3. The van der Waals surface area contributed by atoms with Gasteiger partial charge >= 0.3 is 5.97 Å². The summed E-state index contributed by atoms with van der Waals surface area (Å²) in [5.41, 5.74) is 2.24. The number of esters is 1. The van der Waals surface area contributed by atoms with Crippen molar-refractivity contribution in [2.24, 2.45) is 0 Å². The Morgan fingerprint density at radius 1 is 1.15 bits per heavy atom. The highest BCUT2D eigenvalue weighted by molar-refractivity contribution is 5.80. The van der Waals surface area contributed by atoms with E-state index in [0.29, 0.717) is 0 Å². The van der Waals surface area contributed by atoms with Crippen LogP contribution in [-0.4, -0.2) is 5.97 Å². The van der Waals surface area contributed by atoms with Gasteiger partial charge in [0.25, 0.3) is 0 Å². The fourth-order valence-electron chi connectivity index (χ4n) is 1.74. The van der Waals surface area contributed by atoms with E-state index in [1.165, 1.54) is 0 Å². The smallest absolute Gasteiger partial charge is 0.313 e. The first-order valence-electron chi connectivity index (χ1n) is 4.49. The molecule has 0 radical (unpaired) electrons.